The van der Waals surface area contributed by atoms with E-state index >= 15 is 0 Å². The Morgan fingerprint density at radius 1 is 1.25 bits per heavy atom. The molecule has 0 unspecified atom stereocenters. The number of hydrogen-bond acceptors (Lipinski definition) is 2. The van der Waals surface area contributed by atoms with Crippen LogP contribution in [0.3, 0.4) is 0 Å². The summed E-state index contributed by atoms with van der Waals surface area (Å²) in [5, 5.41) is 9.29. The maximum atomic E-state index is 9.29. The molecule has 1 aliphatic rings. The fourth-order valence-corrected chi connectivity index (χ4v) is 2.55. The smallest absolute Gasteiger partial charge is 0.118 e. The van der Waals surface area contributed by atoms with Crippen LogP contribution in [0.2, 0.25) is 0 Å². The second-order valence-corrected chi connectivity index (χ2v) is 4.42. The molecule has 1 fully saturated rings. The minimum atomic E-state index is 0.0633. The van der Waals surface area contributed by atoms with Gasteiger partial charge in [-0.2, -0.15) is 5.26 Å². The molecule has 0 amide bonds. The van der Waals surface area contributed by atoms with Crippen LogP contribution in [0.4, 0.5) is 0 Å². The van der Waals surface area contributed by atoms with E-state index in [0.717, 1.165) is 11.3 Å². The second kappa shape index (κ2) is 5.03. The van der Waals surface area contributed by atoms with Crippen LogP contribution in [0, 0.1) is 17.2 Å². The summed E-state index contributed by atoms with van der Waals surface area (Å²) in [6.45, 7) is 0. The number of nitriles is 1. The Labute approximate surface area is 96.9 Å². The molecule has 2 rings (SSSR count). The summed E-state index contributed by atoms with van der Waals surface area (Å²) in [6, 6.07) is 10.4. The average molecular weight is 215 g/mol. The number of hydrogen-bond donors (Lipinski definition) is 0. The van der Waals surface area contributed by atoms with E-state index in [0.29, 0.717) is 5.92 Å². The largest absolute Gasteiger partial charge is 0.497 e. The number of nitrogens with zero attached hydrogens (tertiary/aromatic N) is 1. The Bertz CT molecular complexity index is 371. The van der Waals surface area contributed by atoms with Crippen molar-refractivity contribution in [2.24, 2.45) is 5.92 Å². The molecule has 0 N–H and O–H groups in total. The van der Waals surface area contributed by atoms with Crippen LogP contribution in [-0.4, -0.2) is 7.11 Å². The molecule has 0 bridgehead atoms. The van der Waals surface area contributed by atoms with Gasteiger partial charge < -0.3 is 4.74 Å². The molecule has 0 aliphatic heterocycles. The number of ether oxygens (including phenoxy) is 1. The summed E-state index contributed by atoms with van der Waals surface area (Å²) in [4.78, 5) is 0. The van der Waals surface area contributed by atoms with Crippen LogP contribution in [0.5, 0.6) is 5.75 Å². The van der Waals surface area contributed by atoms with E-state index in [1.54, 1.807) is 7.11 Å². The fraction of sp³-hybridized carbons (Fsp3) is 0.500. The Hall–Kier alpha value is -1.49. The number of methoxy groups -OCH3 is 1. The van der Waals surface area contributed by atoms with E-state index in [1.165, 1.54) is 25.7 Å². The lowest BCUT2D eigenvalue weighted by molar-refractivity contribution is 0.414. The normalized spacial score (nSPS) is 18.0. The Balaban J connectivity index is 2.16. The quantitative estimate of drug-likeness (QED) is 0.773. The van der Waals surface area contributed by atoms with Crippen molar-refractivity contribution in [1.82, 2.24) is 0 Å². The summed E-state index contributed by atoms with van der Waals surface area (Å²) >= 11 is 0. The van der Waals surface area contributed by atoms with Gasteiger partial charge in [0.25, 0.3) is 0 Å². The van der Waals surface area contributed by atoms with E-state index in [-0.39, 0.29) is 5.92 Å². The van der Waals surface area contributed by atoms with Gasteiger partial charge in [-0.3, -0.25) is 0 Å². The highest BCUT2D eigenvalue weighted by Crippen LogP contribution is 2.37. The average Bonchev–Trinajstić information content (AvgIpc) is 2.85. The lowest BCUT2D eigenvalue weighted by atomic mass is 9.86. The zero-order valence-corrected chi connectivity index (χ0v) is 9.65. The molecule has 0 saturated heterocycles. The van der Waals surface area contributed by atoms with Crippen LogP contribution in [0.25, 0.3) is 0 Å². The predicted octanol–water partition coefficient (Wildman–Crippen LogP) is 3.49. The predicted molar refractivity (Wildman–Crippen MR) is 63.3 cm³/mol. The maximum Gasteiger partial charge on any atom is 0.118 e. The maximum absolute atomic E-state index is 9.29. The molecular weight excluding hydrogens is 198 g/mol. The van der Waals surface area contributed by atoms with Gasteiger partial charge in [0.1, 0.15) is 5.75 Å². The first kappa shape index (κ1) is 11.0. The monoisotopic (exact) mass is 215 g/mol. The summed E-state index contributed by atoms with van der Waals surface area (Å²) in [6.07, 6.45) is 4.95. The lowest BCUT2D eigenvalue weighted by Crippen LogP contribution is -2.07. The molecule has 0 aromatic heterocycles. The molecule has 0 heterocycles. The highest BCUT2D eigenvalue weighted by Gasteiger charge is 2.25. The Kier molecular flexibility index (Phi) is 3.46. The SMILES string of the molecule is COc1ccc([C@H](C#N)C2CCCC2)cc1. The molecular formula is C14H17NO. The van der Waals surface area contributed by atoms with Crippen molar-refractivity contribution in [3.05, 3.63) is 29.8 Å². The third-order valence-electron chi connectivity index (χ3n) is 3.49. The highest BCUT2D eigenvalue weighted by molar-refractivity contribution is 5.32. The number of rotatable bonds is 3. The molecule has 0 radical (unpaired) electrons. The van der Waals surface area contributed by atoms with Gasteiger partial charge >= 0.3 is 0 Å². The summed E-state index contributed by atoms with van der Waals surface area (Å²) in [5.74, 6) is 1.47. The van der Waals surface area contributed by atoms with Crippen molar-refractivity contribution in [2.45, 2.75) is 31.6 Å². The van der Waals surface area contributed by atoms with Crippen LogP contribution in [0.1, 0.15) is 37.2 Å². The molecule has 16 heavy (non-hydrogen) atoms. The zero-order chi connectivity index (χ0) is 11.4. The Morgan fingerprint density at radius 3 is 2.38 bits per heavy atom. The standard InChI is InChI=1S/C14H17NO/c1-16-13-8-6-12(7-9-13)14(10-15)11-4-2-3-5-11/h6-9,11,14H,2-5H2,1H3/t14-/m1/s1. The first-order chi connectivity index (χ1) is 7.85. The highest BCUT2D eigenvalue weighted by atomic mass is 16.5. The fourth-order valence-electron chi connectivity index (χ4n) is 2.55. The second-order valence-electron chi connectivity index (χ2n) is 4.42. The third kappa shape index (κ3) is 2.19. The first-order valence-corrected chi connectivity index (χ1v) is 5.88. The van der Waals surface area contributed by atoms with Crippen molar-refractivity contribution < 1.29 is 4.74 Å². The topological polar surface area (TPSA) is 33.0 Å². The first-order valence-electron chi connectivity index (χ1n) is 5.88. The van der Waals surface area contributed by atoms with Gasteiger partial charge in [0.2, 0.25) is 0 Å². The van der Waals surface area contributed by atoms with Crippen molar-refractivity contribution in [1.29, 1.82) is 5.26 Å². The van der Waals surface area contributed by atoms with Crippen LogP contribution in [0.15, 0.2) is 24.3 Å². The molecule has 2 heteroatoms. The molecule has 1 aromatic rings. The molecule has 2 nitrogen and oxygen atoms in total. The van der Waals surface area contributed by atoms with Crippen molar-refractivity contribution in [2.75, 3.05) is 7.11 Å². The van der Waals surface area contributed by atoms with E-state index in [2.05, 4.69) is 6.07 Å². The Morgan fingerprint density at radius 2 is 1.88 bits per heavy atom. The van der Waals surface area contributed by atoms with Crippen molar-refractivity contribution in [3.8, 4) is 11.8 Å². The molecule has 1 atom stereocenters. The summed E-state index contributed by atoms with van der Waals surface area (Å²) in [5.41, 5.74) is 1.13. The van der Waals surface area contributed by atoms with Gasteiger partial charge in [-0.15, -0.1) is 0 Å². The van der Waals surface area contributed by atoms with Gasteiger partial charge in [0, 0.05) is 0 Å². The molecule has 1 aliphatic carbocycles. The van der Waals surface area contributed by atoms with E-state index < -0.39 is 0 Å². The molecule has 0 spiro atoms. The molecule has 1 saturated carbocycles. The molecule has 84 valence electrons. The minimum absolute atomic E-state index is 0.0633. The van der Waals surface area contributed by atoms with Crippen LogP contribution < -0.4 is 4.74 Å². The van der Waals surface area contributed by atoms with Gasteiger partial charge in [-0.25, -0.2) is 0 Å². The zero-order valence-electron chi connectivity index (χ0n) is 9.65. The van der Waals surface area contributed by atoms with Crippen molar-refractivity contribution in [3.63, 3.8) is 0 Å². The van der Waals surface area contributed by atoms with Gasteiger partial charge in [0.15, 0.2) is 0 Å². The van der Waals surface area contributed by atoms with Gasteiger partial charge in [0.05, 0.1) is 19.1 Å². The summed E-state index contributed by atoms with van der Waals surface area (Å²) in [7, 11) is 1.66. The van der Waals surface area contributed by atoms with Crippen LogP contribution >= 0.6 is 0 Å². The lowest BCUT2D eigenvalue weighted by Gasteiger charge is -2.16. The van der Waals surface area contributed by atoms with E-state index in [4.69, 9.17) is 4.74 Å². The minimum Gasteiger partial charge on any atom is -0.497 e. The van der Waals surface area contributed by atoms with Crippen molar-refractivity contribution >= 4 is 0 Å². The van der Waals surface area contributed by atoms with Crippen LogP contribution in [-0.2, 0) is 0 Å². The summed E-state index contributed by atoms with van der Waals surface area (Å²) < 4.78 is 5.13. The third-order valence-corrected chi connectivity index (χ3v) is 3.49. The van der Waals surface area contributed by atoms with Gasteiger partial charge in [-0.1, -0.05) is 25.0 Å². The van der Waals surface area contributed by atoms with E-state index in [1.807, 2.05) is 24.3 Å². The van der Waals surface area contributed by atoms with Gasteiger partial charge in [-0.05, 0) is 36.5 Å². The molecule has 1 aromatic carbocycles. The van der Waals surface area contributed by atoms with E-state index in [9.17, 15) is 5.26 Å². The number of benzene rings is 1.